The number of nitrogens with zero attached hydrogens (tertiary/aromatic N) is 1. The lowest BCUT2D eigenvalue weighted by atomic mass is 9.80. The van der Waals surface area contributed by atoms with Crippen molar-refractivity contribution >= 4 is 47.2 Å². The molecule has 47 heavy (non-hydrogen) atoms. The molecule has 1 heterocycles. The van der Waals surface area contributed by atoms with Gasteiger partial charge >= 0.3 is 12.0 Å². The summed E-state index contributed by atoms with van der Waals surface area (Å²) in [5.74, 6) is -4.04. The molecule has 1 aliphatic rings. The molecule has 1 aliphatic heterocycles. The second kappa shape index (κ2) is 16.4. The molecule has 0 radical (unpaired) electrons. The second-order valence-electron chi connectivity index (χ2n) is 14.2. The second-order valence-corrected chi connectivity index (χ2v) is 14.2. The van der Waals surface area contributed by atoms with E-state index in [2.05, 4.69) is 21.3 Å². The first kappa shape index (κ1) is 38.7. The van der Waals surface area contributed by atoms with E-state index < -0.39 is 76.9 Å². The number of benzene rings is 1. The molecule has 0 aliphatic carbocycles. The van der Waals surface area contributed by atoms with Crippen molar-refractivity contribution in [3.05, 3.63) is 29.8 Å². The molecule has 6 N–H and O–H groups in total. The third-order valence-corrected chi connectivity index (χ3v) is 7.66. The average molecular weight is 659 g/mol. The highest BCUT2D eigenvalue weighted by Crippen LogP contribution is 2.35. The molecule has 0 spiro atoms. The lowest BCUT2D eigenvalue weighted by Crippen LogP contribution is -2.56. The van der Waals surface area contributed by atoms with E-state index in [-0.39, 0.29) is 32.0 Å². The first-order valence-electron chi connectivity index (χ1n) is 15.7. The number of esters is 1. The molecule has 1 fully saturated rings. The first-order chi connectivity index (χ1) is 21.7. The summed E-state index contributed by atoms with van der Waals surface area (Å²) in [4.78, 5) is 89.2. The Morgan fingerprint density at radius 1 is 0.957 bits per heavy atom. The van der Waals surface area contributed by atoms with Gasteiger partial charge in [0.25, 0.3) is 0 Å². The number of ether oxygens (including phenoxy) is 1. The number of carbonyl (C=O) groups is 7. The fraction of sp³-hybridized carbons (Fsp3) is 0.606. The Balaban J connectivity index is 2.10. The van der Waals surface area contributed by atoms with Gasteiger partial charge in [-0.2, -0.15) is 0 Å². The number of rotatable bonds is 14. The van der Waals surface area contributed by atoms with Gasteiger partial charge in [0.1, 0.15) is 25.2 Å². The summed E-state index contributed by atoms with van der Waals surface area (Å²) >= 11 is 0. The van der Waals surface area contributed by atoms with Crippen LogP contribution in [-0.4, -0.2) is 71.6 Å². The van der Waals surface area contributed by atoms with Crippen molar-refractivity contribution in [3.8, 4) is 0 Å². The van der Waals surface area contributed by atoms with Crippen LogP contribution in [-0.2, 0) is 40.1 Å². The van der Waals surface area contributed by atoms with Crippen LogP contribution in [0.1, 0.15) is 80.2 Å². The molecule has 0 saturated carbocycles. The molecule has 14 nitrogen and oxygen atoms in total. The maximum Gasteiger partial charge on any atom is 0.312 e. The lowest BCUT2D eigenvalue weighted by molar-refractivity contribution is -0.154. The third-order valence-electron chi connectivity index (χ3n) is 7.66. The molecular weight excluding hydrogens is 608 g/mol. The number of nitrogens with one attached hydrogen (secondary N) is 4. The molecule has 260 valence electrons. The first-order valence-corrected chi connectivity index (χ1v) is 15.7. The monoisotopic (exact) mass is 658 g/mol. The number of urea groups is 1. The Kier molecular flexibility index (Phi) is 13.5. The van der Waals surface area contributed by atoms with E-state index in [1.165, 1.54) is 0 Å². The highest BCUT2D eigenvalue weighted by Gasteiger charge is 2.45. The molecule has 1 saturated heterocycles. The van der Waals surface area contributed by atoms with Crippen molar-refractivity contribution in [1.82, 2.24) is 20.9 Å². The Bertz CT molecular complexity index is 1330. The summed E-state index contributed by atoms with van der Waals surface area (Å²) in [6.07, 6.45) is 0.438. The van der Waals surface area contributed by atoms with Crippen molar-refractivity contribution in [3.63, 3.8) is 0 Å². The fourth-order valence-electron chi connectivity index (χ4n) is 4.75. The number of imide groups is 1. The number of carbonyl (C=O) groups excluding carboxylic acids is 7. The van der Waals surface area contributed by atoms with Crippen LogP contribution in [0.4, 0.5) is 10.5 Å². The van der Waals surface area contributed by atoms with E-state index in [9.17, 15) is 33.6 Å². The van der Waals surface area contributed by atoms with E-state index in [1.54, 1.807) is 58.9 Å². The zero-order valence-electron chi connectivity index (χ0n) is 28.7. The topological polar surface area (TPSA) is 206 Å². The number of hydrogen-bond acceptors (Lipinski definition) is 8. The molecule has 2 rings (SSSR count). The molecule has 7 amide bonds. The Morgan fingerprint density at radius 3 is 2.09 bits per heavy atom. The van der Waals surface area contributed by atoms with Crippen LogP contribution >= 0.6 is 0 Å². The smallest absolute Gasteiger partial charge is 0.312 e. The van der Waals surface area contributed by atoms with Gasteiger partial charge in [0, 0.05) is 18.7 Å². The average Bonchev–Trinajstić information content (AvgIpc) is 3.24. The molecule has 1 aromatic carbocycles. The minimum atomic E-state index is -1.08. The third kappa shape index (κ3) is 12.0. The van der Waals surface area contributed by atoms with Gasteiger partial charge in [0.15, 0.2) is 0 Å². The largest absolute Gasteiger partial charge is 0.460 e. The normalized spacial score (nSPS) is 16.4. The molecular formula is C33H50N6O8. The van der Waals surface area contributed by atoms with Gasteiger partial charge in [-0.3, -0.25) is 33.7 Å². The Morgan fingerprint density at radius 2 is 1.57 bits per heavy atom. The van der Waals surface area contributed by atoms with Crippen LogP contribution in [0.3, 0.4) is 0 Å². The van der Waals surface area contributed by atoms with Crippen LogP contribution in [0.2, 0.25) is 0 Å². The van der Waals surface area contributed by atoms with Crippen molar-refractivity contribution in [2.24, 2.45) is 28.4 Å². The quantitative estimate of drug-likeness (QED) is 0.114. The molecule has 3 atom stereocenters. The maximum absolute atomic E-state index is 13.4. The summed E-state index contributed by atoms with van der Waals surface area (Å²) in [6.45, 7) is 13.9. The SMILES string of the molecule is CC(C)[C@H](NC(=O)CN1C(=O)CC(C(C)(C)C)C1=O)C(=O)N[C@@H](CCCNC(N)=O)C(=O)Nc1ccc(COC(=O)C(C)(C)C)cc1. The van der Waals surface area contributed by atoms with Crippen LogP contribution in [0, 0.1) is 22.7 Å². The number of likely N-dealkylation sites (tertiary alicyclic amines) is 1. The number of hydrogen-bond donors (Lipinski definition) is 5. The zero-order chi connectivity index (χ0) is 35.7. The van der Waals surface area contributed by atoms with E-state index in [1.807, 2.05) is 20.8 Å². The van der Waals surface area contributed by atoms with Gasteiger partial charge in [-0.25, -0.2) is 4.79 Å². The van der Waals surface area contributed by atoms with Gasteiger partial charge in [-0.05, 0) is 62.6 Å². The minimum Gasteiger partial charge on any atom is -0.460 e. The summed E-state index contributed by atoms with van der Waals surface area (Å²) in [7, 11) is 0. The van der Waals surface area contributed by atoms with Crippen molar-refractivity contribution < 1.29 is 38.3 Å². The van der Waals surface area contributed by atoms with E-state index in [0.29, 0.717) is 17.7 Å². The van der Waals surface area contributed by atoms with Gasteiger partial charge < -0.3 is 31.7 Å². The minimum absolute atomic E-state index is 0.0124. The summed E-state index contributed by atoms with van der Waals surface area (Å²) in [5.41, 5.74) is 5.18. The van der Waals surface area contributed by atoms with Crippen LogP contribution in [0.5, 0.6) is 0 Å². The standard InChI is InChI=1S/C33H50N6O8/c1-19(2)26(38-24(40)17-39-25(41)16-22(29(39)44)32(3,4)5)28(43)37-23(10-9-15-35-31(34)46)27(42)36-21-13-11-20(12-14-21)18-47-30(45)33(6,7)8/h11-14,19,22-23,26H,9-10,15-18H2,1-8H3,(H,36,42)(H,37,43)(H,38,40)(H3,34,35,46)/t22?,23-,26-/m0/s1. The van der Waals surface area contributed by atoms with E-state index in [0.717, 1.165) is 4.90 Å². The number of anilines is 1. The van der Waals surface area contributed by atoms with Gasteiger partial charge in [-0.15, -0.1) is 0 Å². The summed E-state index contributed by atoms with van der Waals surface area (Å²) in [6, 6.07) is 3.79. The highest BCUT2D eigenvalue weighted by atomic mass is 16.5. The predicted molar refractivity (Wildman–Crippen MR) is 174 cm³/mol. The number of amides is 7. The zero-order valence-corrected chi connectivity index (χ0v) is 28.7. The van der Waals surface area contributed by atoms with Crippen molar-refractivity contribution in [2.75, 3.05) is 18.4 Å². The van der Waals surface area contributed by atoms with E-state index >= 15 is 0 Å². The molecule has 1 unspecified atom stereocenters. The summed E-state index contributed by atoms with van der Waals surface area (Å²) < 4.78 is 5.32. The highest BCUT2D eigenvalue weighted by molar-refractivity contribution is 6.06. The molecule has 1 aromatic rings. The number of nitrogens with two attached hydrogens (primary N) is 1. The van der Waals surface area contributed by atoms with Crippen molar-refractivity contribution in [2.45, 2.75) is 93.3 Å². The number of primary amides is 1. The summed E-state index contributed by atoms with van der Waals surface area (Å²) in [5, 5.41) is 10.5. The Labute approximate surface area is 276 Å². The van der Waals surface area contributed by atoms with Crippen molar-refractivity contribution in [1.29, 1.82) is 0 Å². The van der Waals surface area contributed by atoms with Crippen LogP contribution < -0.4 is 27.0 Å². The molecule has 0 bridgehead atoms. The van der Waals surface area contributed by atoms with Gasteiger partial charge in [0.05, 0.1) is 11.3 Å². The van der Waals surface area contributed by atoms with Crippen LogP contribution in [0.25, 0.3) is 0 Å². The fourth-order valence-corrected chi connectivity index (χ4v) is 4.75. The Hall–Kier alpha value is -4.49. The lowest BCUT2D eigenvalue weighted by Gasteiger charge is -2.27. The molecule has 0 aromatic heterocycles. The van der Waals surface area contributed by atoms with E-state index in [4.69, 9.17) is 10.5 Å². The van der Waals surface area contributed by atoms with Crippen LogP contribution in [0.15, 0.2) is 24.3 Å². The van der Waals surface area contributed by atoms with Gasteiger partial charge in [-0.1, -0.05) is 46.8 Å². The maximum atomic E-state index is 13.4. The van der Waals surface area contributed by atoms with Gasteiger partial charge in [0.2, 0.25) is 29.5 Å². The molecule has 14 heteroatoms. The predicted octanol–water partition coefficient (Wildman–Crippen LogP) is 2.21.